The average Bonchev–Trinajstić information content (AvgIpc) is 2.46. The van der Waals surface area contributed by atoms with Gasteiger partial charge in [0.2, 0.25) is 0 Å². The molecular weight excluding hydrogens is 300 g/mol. The Kier molecular flexibility index (Phi) is 4.86. The highest BCUT2D eigenvalue weighted by Crippen LogP contribution is 2.35. The molecule has 0 spiro atoms. The molecule has 4 nitrogen and oxygen atoms in total. The lowest BCUT2D eigenvalue weighted by Crippen LogP contribution is -2.59. The zero-order valence-electron chi connectivity index (χ0n) is 15.4. The molecule has 1 aromatic rings. The quantitative estimate of drug-likeness (QED) is 0.814. The van der Waals surface area contributed by atoms with Gasteiger partial charge >= 0.3 is 6.09 Å². The van der Waals surface area contributed by atoms with Crippen molar-refractivity contribution in [1.82, 2.24) is 9.80 Å². The molecule has 1 saturated carbocycles. The van der Waals surface area contributed by atoms with Crippen LogP contribution in [0.3, 0.4) is 0 Å². The van der Waals surface area contributed by atoms with Crippen molar-refractivity contribution in [2.45, 2.75) is 70.7 Å². The van der Waals surface area contributed by atoms with Crippen molar-refractivity contribution in [2.75, 3.05) is 13.1 Å². The largest absolute Gasteiger partial charge is 0.444 e. The van der Waals surface area contributed by atoms with E-state index >= 15 is 0 Å². The van der Waals surface area contributed by atoms with Crippen LogP contribution in [0.15, 0.2) is 30.3 Å². The Morgan fingerprint density at radius 3 is 2.33 bits per heavy atom. The predicted molar refractivity (Wildman–Crippen MR) is 95.9 cm³/mol. The highest BCUT2D eigenvalue weighted by Gasteiger charge is 2.40. The molecule has 24 heavy (non-hydrogen) atoms. The van der Waals surface area contributed by atoms with Crippen molar-refractivity contribution in [1.29, 1.82) is 0 Å². The summed E-state index contributed by atoms with van der Waals surface area (Å²) in [5.41, 5.74) is 0.728. The maximum atomic E-state index is 12.8. The second-order valence-electron chi connectivity index (χ2n) is 8.19. The van der Waals surface area contributed by atoms with E-state index in [-0.39, 0.29) is 12.1 Å². The molecule has 4 heteroatoms. The zero-order chi connectivity index (χ0) is 17.3. The Morgan fingerprint density at radius 1 is 1.12 bits per heavy atom. The normalized spacial score (nSPS) is 26.1. The molecule has 1 aromatic carbocycles. The number of hydrogen-bond donors (Lipinski definition) is 0. The molecule has 2 aliphatic rings. The number of ether oxygens (including phenoxy) is 1. The van der Waals surface area contributed by atoms with E-state index in [1.54, 1.807) is 0 Å². The summed E-state index contributed by atoms with van der Waals surface area (Å²) >= 11 is 0. The Bertz CT molecular complexity index is 563. The second kappa shape index (κ2) is 6.75. The lowest BCUT2D eigenvalue weighted by atomic mass is 9.88. The van der Waals surface area contributed by atoms with Gasteiger partial charge in [-0.3, -0.25) is 9.80 Å². The summed E-state index contributed by atoms with van der Waals surface area (Å²) in [6.45, 7) is 9.64. The molecule has 1 amide bonds. The number of rotatable bonds is 2. The molecule has 0 aromatic heterocycles. The van der Waals surface area contributed by atoms with E-state index in [0.29, 0.717) is 12.1 Å². The van der Waals surface area contributed by atoms with Crippen LogP contribution < -0.4 is 0 Å². The number of benzene rings is 1. The van der Waals surface area contributed by atoms with E-state index in [0.717, 1.165) is 13.1 Å². The van der Waals surface area contributed by atoms with Gasteiger partial charge in [-0.05, 0) is 46.1 Å². The smallest absolute Gasteiger partial charge is 0.410 e. The first-order valence-electron chi connectivity index (χ1n) is 9.15. The van der Waals surface area contributed by atoms with Crippen LogP contribution in [-0.4, -0.2) is 46.7 Å². The van der Waals surface area contributed by atoms with Crippen molar-refractivity contribution in [2.24, 2.45) is 0 Å². The molecule has 3 rings (SSSR count). The van der Waals surface area contributed by atoms with Crippen LogP contribution in [0.1, 0.15) is 58.6 Å². The fraction of sp³-hybridized carbons (Fsp3) is 0.650. The number of hydrogen-bond acceptors (Lipinski definition) is 3. The Balaban J connectivity index is 1.83. The summed E-state index contributed by atoms with van der Waals surface area (Å²) < 4.78 is 5.68. The van der Waals surface area contributed by atoms with Gasteiger partial charge in [0.15, 0.2) is 0 Å². The van der Waals surface area contributed by atoms with Gasteiger partial charge in [-0.1, -0.05) is 36.8 Å². The predicted octanol–water partition coefficient (Wildman–Crippen LogP) is 4.22. The first-order valence-corrected chi connectivity index (χ1v) is 9.15. The third kappa shape index (κ3) is 3.75. The summed E-state index contributed by atoms with van der Waals surface area (Å²) in [5.74, 6) is 0. The van der Waals surface area contributed by atoms with Crippen LogP contribution >= 0.6 is 0 Å². The van der Waals surface area contributed by atoms with E-state index in [1.807, 2.05) is 43.9 Å². The molecule has 1 heterocycles. The van der Waals surface area contributed by atoms with Crippen molar-refractivity contribution < 1.29 is 9.53 Å². The SMILES string of the molecule is CC1CN(C(=O)OC(C)(C)C)C(c2ccccc2)CN1C1CCC1. The molecule has 0 bridgehead atoms. The van der Waals surface area contributed by atoms with Crippen LogP contribution in [0.25, 0.3) is 0 Å². The summed E-state index contributed by atoms with van der Waals surface area (Å²) in [6, 6.07) is 11.5. The van der Waals surface area contributed by atoms with Crippen LogP contribution in [0.5, 0.6) is 0 Å². The summed E-state index contributed by atoms with van der Waals surface area (Å²) in [5, 5.41) is 0. The van der Waals surface area contributed by atoms with Gasteiger partial charge in [-0.15, -0.1) is 0 Å². The first kappa shape index (κ1) is 17.3. The summed E-state index contributed by atoms with van der Waals surface area (Å²) in [4.78, 5) is 17.3. The van der Waals surface area contributed by atoms with E-state index in [1.165, 1.54) is 24.8 Å². The number of amides is 1. The number of nitrogens with zero attached hydrogens (tertiary/aromatic N) is 2. The topological polar surface area (TPSA) is 32.8 Å². The zero-order valence-corrected chi connectivity index (χ0v) is 15.4. The van der Waals surface area contributed by atoms with Crippen molar-refractivity contribution in [3.05, 3.63) is 35.9 Å². The Labute approximate surface area is 145 Å². The van der Waals surface area contributed by atoms with Gasteiger partial charge in [0.25, 0.3) is 0 Å². The van der Waals surface area contributed by atoms with Crippen LogP contribution in [0.2, 0.25) is 0 Å². The minimum atomic E-state index is -0.466. The maximum Gasteiger partial charge on any atom is 0.410 e. The molecule has 1 aliphatic heterocycles. The lowest BCUT2D eigenvalue weighted by molar-refractivity contribution is -0.0345. The van der Waals surface area contributed by atoms with Gasteiger partial charge in [0.1, 0.15) is 5.60 Å². The van der Waals surface area contributed by atoms with Gasteiger partial charge < -0.3 is 4.74 Å². The minimum absolute atomic E-state index is 0.0675. The highest BCUT2D eigenvalue weighted by atomic mass is 16.6. The van der Waals surface area contributed by atoms with Gasteiger partial charge in [-0.2, -0.15) is 0 Å². The summed E-state index contributed by atoms with van der Waals surface area (Å²) in [7, 11) is 0. The van der Waals surface area contributed by atoms with Crippen LogP contribution in [0, 0.1) is 0 Å². The molecule has 2 unspecified atom stereocenters. The van der Waals surface area contributed by atoms with Crippen LogP contribution in [0.4, 0.5) is 4.79 Å². The molecule has 2 atom stereocenters. The van der Waals surface area contributed by atoms with Crippen molar-refractivity contribution >= 4 is 6.09 Å². The van der Waals surface area contributed by atoms with Crippen molar-refractivity contribution in [3.63, 3.8) is 0 Å². The van der Waals surface area contributed by atoms with E-state index in [4.69, 9.17) is 4.74 Å². The molecule has 0 N–H and O–H groups in total. The van der Waals surface area contributed by atoms with E-state index in [9.17, 15) is 4.79 Å². The van der Waals surface area contributed by atoms with Gasteiger partial charge in [0.05, 0.1) is 6.04 Å². The molecule has 2 fully saturated rings. The van der Waals surface area contributed by atoms with E-state index < -0.39 is 5.60 Å². The molecular formula is C20H30N2O2. The van der Waals surface area contributed by atoms with E-state index in [2.05, 4.69) is 24.0 Å². The third-order valence-corrected chi connectivity index (χ3v) is 5.14. The van der Waals surface area contributed by atoms with Crippen molar-refractivity contribution in [3.8, 4) is 0 Å². The number of piperazine rings is 1. The molecule has 0 radical (unpaired) electrons. The fourth-order valence-electron chi connectivity index (χ4n) is 3.71. The third-order valence-electron chi connectivity index (χ3n) is 5.14. The summed E-state index contributed by atoms with van der Waals surface area (Å²) in [6.07, 6.45) is 3.72. The van der Waals surface area contributed by atoms with Gasteiger partial charge in [-0.25, -0.2) is 4.79 Å². The fourth-order valence-corrected chi connectivity index (χ4v) is 3.71. The Hall–Kier alpha value is -1.55. The molecule has 1 saturated heterocycles. The maximum absolute atomic E-state index is 12.8. The Morgan fingerprint density at radius 2 is 1.79 bits per heavy atom. The molecule has 132 valence electrons. The molecule has 1 aliphatic carbocycles. The lowest BCUT2D eigenvalue weighted by Gasteiger charge is -2.50. The van der Waals surface area contributed by atoms with Gasteiger partial charge in [0, 0.05) is 25.2 Å². The first-order chi connectivity index (χ1) is 11.3. The highest BCUT2D eigenvalue weighted by molar-refractivity contribution is 5.69. The number of carbonyl (C=O) groups is 1. The van der Waals surface area contributed by atoms with Crippen LogP contribution in [-0.2, 0) is 4.74 Å². The second-order valence-corrected chi connectivity index (χ2v) is 8.19. The number of carbonyl (C=O) groups excluding carboxylic acids is 1. The minimum Gasteiger partial charge on any atom is -0.444 e. The monoisotopic (exact) mass is 330 g/mol. The average molecular weight is 330 g/mol. The standard InChI is InChI=1S/C20H30N2O2/c1-15-13-22(19(23)24-20(2,3)4)18(16-9-6-5-7-10-16)14-21(15)17-11-8-12-17/h5-7,9-10,15,17-18H,8,11-14H2,1-4H3.